The zero-order valence-electron chi connectivity index (χ0n) is 16.1. The van der Waals surface area contributed by atoms with Crippen LogP contribution in [0.1, 0.15) is 40.5 Å². The fraction of sp³-hybridized carbons (Fsp3) is 0.889. The number of carbonyl (C=O) groups excluding carboxylic acids is 2. The molecule has 4 aliphatic rings. The van der Waals surface area contributed by atoms with Gasteiger partial charge >= 0.3 is 0 Å². The van der Waals surface area contributed by atoms with E-state index >= 15 is 0 Å². The number of imide groups is 1. The number of rotatable bonds is 5. The maximum absolute atomic E-state index is 11.8. The van der Waals surface area contributed by atoms with Crippen molar-refractivity contribution in [2.24, 2.45) is 0 Å². The summed E-state index contributed by atoms with van der Waals surface area (Å²) < 4.78 is 35.5. The minimum Gasteiger partial charge on any atom is -0.371 e. The molecule has 9 nitrogen and oxygen atoms in total. The maximum Gasteiger partial charge on any atom is 0.229 e. The van der Waals surface area contributed by atoms with Gasteiger partial charge in [-0.1, -0.05) is 0 Å². The van der Waals surface area contributed by atoms with Gasteiger partial charge in [0.1, 0.15) is 24.4 Å². The number of amides is 2. The van der Waals surface area contributed by atoms with Crippen molar-refractivity contribution in [3.05, 3.63) is 0 Å². The van der Waals surface area contributed by atoms with Crippen LogP contribution in [0.2, 0.25) is 0 Å². The van der Waals surface area contributed by atoms with Crippen LogP contribution in [-0.2, 0) is 38.0 Å². The number of ether oxygens (including phenoxy) is 6. The van der Waals surface area contributed by atoms with Gasteiger partial charge in [-0.3, -0.25) is 14.5 Å². The third kappa shape index (κ3) is 3.76. The number of hydrogen-bond donors (Lipinski definition) is 0. The number of fused-ring (bicyclic) bond motifs is 1. The summed E-state index contributed by atoms with van der Waals surface area (Å²) in [6.07, 6.45) is -1.63. The summed E-state index contributed by atoms with van der Waals surface area (Å²) in [5.41, 5.74) is 0. The summed E-state index contributed by atoms with van der Waals surface area (Å²) in [6, 6.07) is 0. The van der Waals surface area contributed by atoms with Crippen LogP contribution in [0.15, 0.2) is 0 Å². The molecule has 0 aromatic heterocycles. The molecule has 4 heterocycles. The highest BCUT2D eigenvalue weighted by Crippen LogP contribution is 2.41. The summed E-state index contributed by atoms with van der Waals surface area (Å²) in [7, 11) is 0. The fourth-order valence-electron chi connectivity index (χ4n) is 4.02. The monoisotopic (exact) mass is 385 g/mol. The predicted octanol–water partition coefficient (Wildman–Crippen LogP) is 0.549. The van der Waals surface area contributed by atoms with Gasteiger partial charge < -0.3 is 28.4 Å². The Morgan fingerprint density at radius 2 is 1.70 bits per heavy atom. The first kappa shape index (κ1) is 19.2. The quantitative estimate of drug-likeness (QED) is 0.634. The van der Waals surface area contributed by atoms with Gasteiger partial charge in [0.05, 0.1) is 19.8 Å². The van der Waals surface area contributed by atoms with Gasteiger partial charge in [0.25, 0.3) is 0 Å². The molecule has 4 fully saturated rings. The molecule has 0 N–H and O–H groups in total. The van der Waals surface area contributed by atoms with E-state index in [1.807, 2.05) is 27.7 Å². The summed E-state index contributed by atoms with van der Waals surface area (Å²) in [5, 5.41) is 0. The van der Waals surface area contributed by atoms with Crippen LogP contribution >= 0.6 is 0 Å². The SMILES string of the molecule is CC1(C)OCC(C2OC3OC(C)(C)OC3C2OCCN2C(=O)CCC2=O)O1. The molecule has 27 heavy (non-hydrogen) atoms. The van der Waals surface area contributed by atoms with Crippen molar-refractivity contribution < 1.29 is 38.0 Å². The molecular weight excluding hydrogens is 358 g/mol. The highest BCUT2D eigenvalue weighted by Gasteiger charge is 2.58. The smallest absolute Gasteiger partial charge is 0.229 e. The van der Waals surface area contributed by atoms with E-state index in [4.69, 9.17) is 28.4 Å². The maximum atomic E-state index is 11.8. The van der Waals surface area contributed by atoms with E-state index < -0.39 is 36.2 Å². The lowest BCUT2D eigenvalue weighted by atomic mass is 10.1. The third-order valence-corrected chi connectivity index (χ3v) is 5.20. The molecule has 5 unspecified atom stereocenters. The fourth-order valence-corrected chi connectivity index (χ4v) is 4.02. The van der Waals surface area contributed by atoms with Crippen LogP contribution in [0.3, 0.4) is 0 Å². The van der Waals surface area contributed by atoms with Crippen molar-refractivity contribution in [3.63, 3.8) is 0 Å². The van der Waals surface area contributed by atoms with E-state index in [1.165, 1.54) is 4.90 Å². The number of nitrogens with zero attached hydrogens (tertiary/aromatic N) is 1. The van der Waals surface area contributed by atoms with Crippen LogP contribution in [0, 0.1) is 0 Å². The molecule has 0 aromatic rings. The average molecular weight is 385 g/mol. The van der Waals surface area contributed by atoms with E-state index in [0.717, 1.165) is 0 Å². The van der Waals surface area contributed by atoms with Crippen molar-refractivity contribution in [1.82, 2.24) is 4.90 Å². The van der Waals surface area contributed by atoms with Crippen LogP contribution in [0.5, 0.6) is 0 Å². The summed E-state index contributed by atoms with van der Waals surface area (Å²) in [6.45, 7) is 8.13. The Hall–Kier alpha value is -1.10. The van der Waals surface area contributed by atoms with Crippen LogP contribution in [0.25, 0.3) is 0 Å². The van der Waals surface area contributed by atoms with E-state index in [-0.39, 0.29) is 43.9 Å². The topological polar surface area (TPSA) is 92.8 Å². The van der Waals surface area contributed by atoms with Crippen molar-refractivity contribution in [2.45, 2.75) is 82.8 Å². The first-order chi connectivity index (χ1) is 12.7. The van der Waals surface area contributed by atoms with E-state index in [0.29, 0.717) is 6.61 Å². The Morgan fingerprint density at radius 1 is 1.00 bits per heavy atom. The number of likely N-dealkylation sites (tertiary alicyclic amines) is 1. The molecule has 0 bridgehead atoms. The van der Waals surface area contributed by atoms with E-state index in [1.54, 1.807) is 0 Å². The molecule has 152 valence electrons. The van der Waals surface area contributed by atoms with Crippen LogP contribution < -0.4 is 0 Å². The standard InChI is InChI=1S/C18H27NO8/c1-17(2)23-9-10(25-17)13-14(15-16(24-13)27-18(3,4)26-15)22-8-7-19-11(20)5-6-12(19)21/h10,13-16H,5-9H2,1-4H3. The molecule has 4 rings (SSSR count). The molecular formula is C18H27NO8. The second kappa shape index (κ2) is 6.75. The Balaban J connectivity index is 1.42. The van der Waals surface area contributed by atoms with Gasteiger partial charge in [0.2, 0.25) is 11.8 Å². The average Bonchev–Trinajstić information content (AvgIpc) is 3.25. The minimum atomic E-state index is -0.769. The lowest BCUT2D eigenvalue weighted by molar-refractivity contribution is -0.236. The first-order valence-electron chi connectivity index (χ1n) is 9.43. The molecule has 0 radical (unpaired) electrons. The Bertz CT molecular complexity index is 604. The van der Waals surface area contributed by atoms with Crippen LogP contribution in [0.4, 0.5) is 0 Å². The van der Waals surface area contributed by atoms with Gasteiger partial charge in [-0.25, -0.2) is 0 Å². The molecule has 0 spiro atoms. The van der Waals surface area contributed by atoms with Gasteiger partial charge in [-0.2, -0.15) is 0 Å². The number of carbonyl (C=O) groups is 2. The predicted molar refractivity (Wildman–Crippen MR) is 89.3 cm³/mol. The Morgan fingerprint density at radius 3 is 2.33 bits per heavy atom. The Kier molecular flexibility index (Phi) is 4.81. The zero-order valence-corrected chi connectivity index (χ0v) is 16.1. The molecule has 0 aromatic carbocycles. The lowest BCUT2D eigenvalue weighted by Crippen LogP contribution is -2.45. The largest absolute Gasteiger partial charge is 0.371 e. The zero-order chi connectivity index (χ0) is 19.4. The van der Waals surface area contributed by atoms with Crippen molar-refractivity contribution in [3.8, 4) is 0 Å². The first-order valence-corrected chi connectivity index (χ1v) is 9.43. The summed E-state index contributed by atoms with van der Waals surface area (Å²) in [5.74, 6) is -1.77. The second-order valence-corrected chi connectivity index (χ2v) is 8.21. The molecule has 4 aliphatic heterocycles. The molecule has 0 aliphatic carbocycles. The van der Waals surface area contributed by atoms with Gasteiger partial charge in [-0.05, 0) is 27.7 Å². The normalized spacial score (nSPS) is 40.1. The molecule has 2 amide bonds. The molecule has 9 heteroatoms. The van der Waals surface area contributed by atoms with Gasteiger partial charge in [0, 0.05) is 12.8 Å². The Labute approximate surface area is 158 Å². The van der Waals surface area contributed by atoms with Gasteiger partial charge in [-0.15, -0.1) is 0 Å². The summed E-state index contributed by atoms with van der Waals surface area (Å²) >= 11 is 0. The number of hydrogen-bond acceptors (Lipinski definition) is 8. The van der Waals surface area contributed by atoms with E-state index in [2.05, 4.69) is 0 Å². The van der Waals surface area contributed by atoms with Crippen molar-refractivity contribution in [2.75, 3.05) is 19.8 Å². The lowest BCUT2D eigenvalue weighted by Gasteiger charge is -2.29. The molecule has 4 saturated heterocycles. The van der Waals surface area contributed by atoms with Crippen LogP contribution in [-0.4, -0.2) is 78.8 Å². The molecule has 0 saturated carbocycles. The van der Waals surface area contributed by atoms with Gasteiger partial charge in [0.15, 0.2) is 17.9 Å². The minimum absolute atomic E-state index is 0.156. The highest BCUT2D eigenvalue weighted by molar-refractivity contribution is 6.01. The highest BCUT2D eigenvalue weighted by atomic mass is 16.8. The van der Waals surface area contributed by atoms with Crippen molar-refractivity contribution in [1.29, 1.82) is 0 Å². The summed E-state index contributed by atoms with van der Waals surface area (Å²) in [4.78, 5) is 24.8. The molecule has 5 atom stereocenters. The van der Waals surface area contributed by atoms with Crippen molar-refractivity contribution >= 4 is 11.8 Å². The third-order valence-electron chi connectivity index (χ3n) is 5.20. The van der Waals surface area contributed by atoms with E-state index in [9.17, 15) is 9.59 Å². The second-order valence-electron chi connectivity index (χ2n) is 8.21.